The minimum absolute atomic E-state index is 0.00882. The summed E-state index contributed by atoms with van der Waals surface area (Å²) < 4.78 is 5.39. The molecule has 0 aromatic rings. The Kier molecular flexibility index (Phi) is 4.37. The van der Waals surface area contributed by atoms with Crippen LogP contribution in [0.1, 0.15) is 27.7 Å². The molecule has 10 heavy (non-hydrogen) atoms. The molecule has 0 spiro atoms. The monoisotopic (exact) mass is 162 g/mol. The molecule has 62 valence electrons. The first kappa shape index (κ1) is 10.3. The van der Waals surface area contributed by atoms with Gasteiger partial charge in [-0.25, -0.2) is 0 Å². The van der Waals surface area contributed by atoms with Gasteiger partial charge in [0.15, 0.2) is 0 Å². The first-order valence-corrected chi connectivity index (χ1v) is 4.16. The molecule has 0 aromatic heterocycles. The number of hydrogen-bond donors (Lipinski definition) is 1. The Morgan fingerprint density at radius 2 is 1.90 bits per heavy atom. The van der Waals surface area contributed by atoms with Crippen molar-refractivity contribution < 1.29 is 4.74 Å². The van der Waals surface area contributed by atoms with Gasteiger partial charge in [0.25, 0.3) is 0 Å². The lowest BCUT2D eigenvalue weighted by atomic mass is 10.2. The number of thiol groups is 1. The van der Waals surface area contributed by atoms with Crippen LogP contribution in [0.5, 0.6) is 0 Å². The summed E-state index contributed by atoms with van der Waals surface area (Å²) in [5, 5.41) is 0. The summed E-state index contributed by atoms with van der Waals surface area (Å²) in [6, 6.07) is 0. The van der Waals surface area contributed by atoms with Gasteiger partial charge in [0.2, 0.25) is 0 Å². The zero-order valence-corrected chi connectivity index (χ0v) is 8.24. The second kappa shape index (κ2) is 4.24. The average molecular weight is 162 g/mol. The Hall–Kier alpha value is 0.310. The molecule has 0 amide bonds. The topological polar surface area (TPSA) is 9.23 Å². The Bertz CT molecular complexity index is 83.7. The highest BCUT2D eigenvalue weighted by Crippen LogP contribution is 2.11. The van der Waals surface area contributed by atoms with Gasteiger partial charge in [0.1, 0.15) is 0 Å². The van der Waals surface area contributed by atoms with Crippen molar-refractivity contribution in [2.45, 2.75) is 32.4 Å². The van der Waals surface area contributed by atoms with E-state index in [4.69, 9.17) is 4.74 Å². The fourth-order valence-electron chi connectivity index (χ4n) is 0.544. The Morgan fingerprint density at radius 3 is 2.20 bits per heavy atom. The quantitative estimate of drug-likeness (QED) is 0.624. The highest BCUT2D eigenvalue weighted by molar-refractivity contribution is 7.81. The summed E-state index contributed by atoms with van der Waals surface area (Å²) in [6.45, 7) is 9.96. The SMILES string of the molecule is CC(C)COCC(C)(C)S. The molecule has 1 nitrogen and oxygen atoms in total. The molecule has 0 unspecified atom stereocenters. The maximum atomic E-state index is 5.38. The van der Waals surface area contributed by atoms with Crippen LogP contribution >= 0.6 is 12.6 Å². The molecule has 0 aliphatic rings. The van der Waals surface area contributed by atoms with Crippen molar-refractivity contribution in [3.8, 4) is 0 Å². The van der Waals surface area contributed by atoms with Crippen LogP contribution < -0.4 is 0 Å². The number of ether oxygens (including phenoxy) is 1. The van der Waals surface area contributed by atoms with Crippen molar-refractivity contribution in [2.24, 2.45) is 5.92 Å². The van der Waals surface area contributed by atoms with Gasteiger partial charge in [-0.15, -0.1) is 0 Å². The highest BCUT2D eigenvalue weighted by atomic mass is 32.1. The van der Waals surface area contributed by atoms with E-state index in [1.54, 1.807) is 0 Å². The van der Waals surface area contributed by atoms with Crippen molar-refractivity contribution in [1.82, 2.24) is 0 Å². The molecule has 0 rings (SSSR count). The molecule has 0 aliphatic heterocycles. The average Bonchev–Trinajstić information content (AvgIpc) is 1.59. The summed E-state index contributed by atoms with van der Waals surface area (Å²) in [4.78, 5) is 0. The second-order valence-electron chi connectivity index (χ2n) is 3.72. The third-order valence-electron chi connectivity index (χ3n) is 0.906. The number of rotatable bonds is 4. The maximum Gasteiger partial charge on any atom is 0.0605 e. The fraction of sp³-hybridized carbons (Fsp3) is 1.00. The minimum Gasteiger partial charge on any atom is -0.380 e. The molecule has 2 heteroatoms. The molecule has 0 aliphatic carbocycles. The van der Waals surface area contributed by atoms with Crippen LogP contribution in [-0.4, -0.2) is 18.0 Å². The Morgan fingerprint density at radius 1 is 1.40 bits per heavy atom. The predicted octanol–water partition coefficient (Wildman–Crippen LogP) is 2.37. The van der Waals surface area contributed by atoms with E-state index in [0.717, 1.165) is 13.2 Å². The zero-order valence-electron chi connectivity index (χ0n) is 7.35. The standard InChI is InChI=1S/C8H18OS/c1-7(2)5-9-6-8(3,4)10/h7,10H,5-6H2,1-4H3. The summed E-state index contributed by atoms with van der Waals surface area (Å²) in [5.41, 5.74) is 0. The van der Waals surface area contributed by atoms with Gasteiger partial charge in [-0.2, -0.15) is 12.6 Å². The fourth-order valence-corrected chi connectivity index (χ4v) is 0.636. The summed E-state index contributed by atoms with van der Waals surface area (Å²) in [5.74, 6) is 0.621. The normalized spacial score (nSPS) is 12.6. The van der Waals surface area contributed by atoms with Crippen LogP contribution in [0.2, 0.25) is 0 Å². The van der Waals surface area contributed by atoms with Crippen molar-refractivity contribution in [2.75, 3.05) is 13.2 Å². The van der Waals surface area contributed by atoms with Gasteiger partial charge in [0.05, 0.1) is 6.61 Å². The Labute approximate surface area is 69.6 Å². The predicted molar refractivity (Wildman–Crippen MR) is 48.7 cm³/mol. The van der Waals surface area contributed by atoms with Crippen molar-refractivity contribution in [1.29, 1.82) is 0 Å². The molecular formula is C8H18OS. The molecule has 0 N–H and O–H groups in total. The van der Waals surface area contributed by atoms with Crippen molar-refractivity contribution in [3.05, 3.63) is 0 Å². The molecule has 0 fully saturated rings. The molecule has 0 radical (unpaired) electrons. The molecule has 0 saturated heterocycles. The Balaban J connectivity index is 3.21. The first-order chi connectivity index (χ1) is 4.42. The smallest absolute Gasteiger partial charge is 0.0605 e. The van der Waals surface area contributed by atoms with E-state index in [1.165, 1.54) is 0 Å². The lowest BCUT2D eigenvalue weighted by Gasteiger charge is -2.17. The highest BCUT2D eigenvalue weighted by Gasteiger charge is 2.10. The number of hydrogen-bond acceptors (Lipinski definition) is 2. The molecular weight excluding hydrogens is 144 g/mol. The van der Waals surface area contributed by atoms with Crippen molar-refractivity contribution >= 4 is 12.6 Å². The summed E-state index contributed by atoms with van der Waals surface area (Å²) in [7, 11) is 0. The third kappa shape index (κ3) is 8.31. The molecule has 0 saturated carbocycles. The van der Waals surface area contributed by atoms with E-state index in [-0.39, 0.29) is 4.75 Å². The van der Waals surface area contributed by atoms with E-state index in [0.29, 0.717) is 5.92 Å². The van der Waals surface area contributed by atoms with E-state index in [9.17, 15) is 0 Å². The van der Waals surface area contributed by atoms with E-state index in [2.05, 4.69) is 40.3 Å². The molecule has 0 bridgehead atoms. The van der Waals surface area contributed by atoms with Gasteiger partial charge >= 0.3 is 0 Å². The van der Waals surface area contributed by atoms with Crippen LogP contribution in [0.25, 0.3) is 0 Å². The van der Waals surface area contributed by atoms with E-state index < -0.39 is 0 Å². The van der Waals surface area contributed by atoms with Crippen LogP contribution in [0.15, 0.2) is 0 Å². The largest absolute Gasteiger partial charge is 0.380 e. The van der Waals surface area contributed by atoms with Gasteiger partial charge in [-0.3, -0.25) is 0 Å². The van der Waals surface area contributed by atoms with Crippen LogP contribution in [0.3, 0.4) is 0 Å². The maximum absolute atomic E-state index is 5.38. The molecule has 0 atom stereocenters. The first-order valence-electron chi connectivity index (χ1n) is 3.72. The van der Waals surface area contributed by atoms with Gasteiger partial charge in [-0.05, 0) is 19.8 Å². The van der Waals surface area contributed by atoms with Crippen molar-refractivity contribution in [3.63, 3.8) is 0 Å². The summed E-state index contributed by atoms with van der Waals surface area (Å²) in [6.07, 6.45) is 0. The third-order valence-corrected chi connectivity index (χ3v) is 1.04. The van der Waals surface area contributed by atoms with Gasteiger partial charge in [0, 0.05) is 11.4 Å². The van der Waals surface area contributed by atoms with Crippen LogP contribution in [0, 0.1) is 5.92 Å². The summed E-state index contributed by atoms with van der Waals surface area (Å²) >= 11 is 4.33. The van der Waals surface area contributed by atoms with Crippen LogP contribution in [-0.2, 0) is 4.74 Å². The van der Waals surface area contributed by atoms with Gasteiger partial charge in [-0.1, -0.05) is 13.8 Å². The van der Waals surface area contributed by atoms with E-state index in [1.807, 2.05) is 0 Å². The second-order valence-corrected chi connectivity index (χ2v) is 4.93. The minimum atomic E-state index is 0.00882. The lowest BCUT2D eigenvalue weighted by Crippen LogP contribution is -2.20. The molecule has 0 heterocycles. The van der Waals surface area contributed by atoms with Crippen LogP contribution in [0.4, 0.5) is 0 Å². The lowest BCUT2D eigenvalue weighted by molar-refractivity contribution is 0.0975. The zero-order chi connectivity index (χ0) is 8.20. The van der Waals surface area contributed by atoms with E-state index >= 15 is 0 Å². The van der Waals surface area contributed by atoms with Gasteiger partial charge < -0.3 is 4.74 Å². The molecule has 0 aromatic carbocycles.